The van der Waals surface area contributed by atoms with Crippen LogP contribution >= 0.6 is 0 Å². The Balaban J connectivity index is 1.48. The molecule has 0 saturated heterocycles. The Bertz CT molecular complexity index is 964. The molecule has 0 atom stereocenters. The first-order chi connectivity index (χ1) is 13.0. The molecule has 2 amide bonds. The molecule has 2 N–H and O–H groups in total. The molecule has 140 valence electrons. The summed E-state index contributed by atoms with van der Waals surface area (Å²) in [6.07, 6.45) is 1.59. The van der Waals surface area contributed by atoms with E-state index in [0.29, 0.717) is 17.1 Å². The molecule has 27 heavy (non-hydrogen) atoms. The van der Waals surface area contributed by atoms with Gasteiger partial charge in [-0.25, -0.2) is 0 Å². The number of hydrazine groups is 1. The number of benzene rings is 2. The molecule has 1 heterocycles. The van der Waals surface area contributed by atoms with Crippen LogP contribution in [0.15, 0.2) is 53.1 Å². The molecule has 2 aromatic carbocycles. The van der Waals surface area contributed by atoms with E-state index in [-0.39, 0.29) is 18.9 Å². The summed E-state index contributed by atoms with van der Waals surface area (Å²) in [4.78, 5) is 23.9. The molecule has 0 radical (unpaired) electrons. The first-order valence-electron chi connectivity index (χ1n) is 8.36. The lowest BCUT2D eigenvalue weighted by Crippen LogP contribution is -2.44. The number of furan rings is 1. The van der Waals surface area contributed by atoms with Gasteiger partial charge < -0.3 is 13.9 Å². The molecule has 3 rings (SSSR count). The Morgan fingerprint density at radius 3 is 2.63 bits per heavy atom. The molecule has 7 heteroatoms. The van der Waals surface area contributed by atoms with Crippen molar-refractivity contribution < 1.29 is 23.5 Å². The molecule has 0 bridgehead atoms. The summed E-state index contributed by atoms with van der Waals surface area (Å²) in [6.45, 7) is 1.74. The number of aryl methyl sites for hydroxylation is 1. The quantitative estimate of drug-likeness (QED) is 0.653. The fourth-order valence-electron chi connectivity index (χ4n) is 2.57. The summed E-state index contributed by atoms with van der Waals surface area (Å²) in [5.41, 5.74) is 7.09. The highest BCUT2D eigenvalue weighted by molar-refractivity contribution is 5.89. The highest BCUT2D eigenvalue weighted by atomic mass is 16.5. The lowest BCUT2D eigenvalue weighted by molar-refractivity contribution is -0.129. The minimum absolute atomic E-state index is 0.0678. The number of hydrogen-bond donors (Lipinski definition) is 2. The second-order valence-corrected chi connectivity index (χ2v) is 6.00. The minimum Gasteiger partial charge on any atom is -0.497 e. The van der Waals surface area contributed by atoms with Crippen LogP contribution < -0.4 is 20.3 Å². The predicted molar refractivity (Wildman–Crippen MR) is 99.4 cm³/mol. The number of amides is 2. The van der Waals surface area contributed by atoms with Crippen molar-refractivity contribution in [3.63, 3.8) is 0 Å². The maximum Gasteiger partial charge on any atom is 0.276 e. The molecule has 1 aromatic heterocycles. The van der Waals surface area contributed by atoms with E-state index in [0.717, 1.165) is 16.5 Å². The Morgan fingerprint density at radius 2 is 1.85 bits per heavy atom. The number of carbonyl (C=O) groups excluding carboxylic acids is 2. The van der Waals surface area contributed by atoms with E-state index >= 15 is 0 Å². The number of carbonyl (C=O) groups is 2. The van der Waals surface area contributed by atoms with Gasteiger partial charge in [-0.05, 0) is 36.8 Å². The molecule has 3 aromatic rings. The van der Waals surface area contributed by atoms with Crippen molar-refractivity contribution >= 4 is 22.8 Å². The van der Waals surface area contributed by atoms with Gasteiger partial charge in [-0.1, -0.05) is 12.1 Å². The van der Waals surface area contributed by atoms with Crippen molar-refractivity contribution in [3.05, 3.63) is 59.9 Å². The van der Waals surface area contributed by atoms with Gasteiger partial charge in [0.1, 0.15) is 17.1 Å². The van der Waals surface area contributed by atoms with Gasteiger partial charge in [0.15, 0.2) is 6.61 Å². The van der Waals surface area contributed by atoms with Crippen LogP contribution in [0.25, 0.3) is 11.0 Å². The standard InChI is InChI=1S/C20H20N2O5/c1-13-4-3-5-16(8-13)26-12-20(24)22-21-19(23)9-14-11-27-18-10-15(25-2)6-7-17(14)18/h3-8,10-11H,9,12H2,1-2H3,(H,21,23)(H,22,24). The first kappa shape index (κ1) is 18.3. The van der Waals surface area contributed by atoms with Gasteiger partial charge in [0.2, 0.25) is 5.91 Å². The maximum absolute atomic E-state index is 12.1. The monoisotopic (exact) mass is 368 g/mol. The maximum atomic E-state index is 12.1. The molecule has 0 aliphatic heterocycles. The number of nitrogens with one attached hydrogen (secondary N) is 2. The number of hydrogen-bond acceptors (Lipinski definition) is 5. The number of rotatable bonds is 6. The summed E-state index contributed by atoms with van der Waals surface area (Å²) in [6, 6.07) is 12.7. The average molecular weight is 368 g/mol. The Hall–Kier alpha value is -3.48. The summed E-state index contributed by atoms with van der Waals surface area (Å²) in [5.74, 6) is 0.453. The van der Waals surface area contributed by atoms with E-state index in [1.54, 1.807) is 25.3 Å². The van der Waals surface area contributed by atoms with Crippen LogP contribution in [0.5, 0.6) is 11.5 Å². The third-order valence-electron chi connectivity index (χ3n) is 3.91. The van der Waals surface area contributed by atoms with E-state index in [9.17, 15) is 9.59 Å². The zero-order chi connectivity index (χ0) is 19.2. The van der Waals surface area contributed by atoms with E-state index in [1.165, 1.54) is 6.26 Å². The van der Waals surface area contributed by atoms with Gasteiger partial charge in [0.05, 0.1) is 19.8 Å². The Morgan fingerprint density at radius 1 is 1.04 bits per heavy atom. The predicted octanol–water partition coefficient (Wildman–Crippen LogP) is 2.52. The summed E-state index contributed by atoms with van der Waals surface area (Å²) in [5, 5.41) is 0.819. The zero-order valence-corrected chi connectivity index (χ0v) is 15.1. The van der Waals surface area contributed by atoms with Gasteiger partial charge >= 0.3 is 0 Å². The Kier molecular flexibility index (Phi) is 5.61. The normalized spacial score (nSPS) is 10.4. The molecule has 0 unspecified atom stereocenters. The second-order valence-electron chi connectivity index (χ2n) is 6.00. The van der Waals surface area contributed by atoms with Crippen LogP contribution in [0.2, 0.25) is 0 Å². The highest BCUT2D eigenvalue weighted by Crippen LogP contribution is 2.25. The van der Waals surface area contributed by atoms with Crippen molar-refractivity contribution in [3.8, 4) is 11.5 Å². The van der Waals surface area contributed by atoms with Crippen LogP contribution in [-0.2, 0) is 16.0 Å². The lowest BCUT2D eigenvalue weighted by atomic mass is 10.1. The number of fused-ring (bicyclic) bond motifs is 1. The molecule has 0 aliphatic rings. The molecule has 0 fully saturated rings. The molecule has 0 saturated carbocycles. The van der Waals surface area contributed by atoms with E-state index < -0.39 is 5.91 Å². The average Bonchev–Trinajstić information content (AvgIpc) is 3.06. The smallest absolute Gasteiger partial charge is 0.276 e. The van der Waals surface area contributed by atoms with Crippen molar-refractivity contribution in [1.29, 1.82) is 0 Å². The van der Waals surface area contributed by atoms with Crippen LogP contribution in [0.4, 0.5) is 0 Å². The van der Waals surface area contributed by atoms with Gasteiger partial charge in [0, 0.05) is 17.0 Å². The van der Waals surface area contributed by atoms with Crippen molar-refractivity contribution in [2.24, 2.45) is 0 Å². The van der Waals surface area contributed by atoms with Crippen LogP contribution in [0.1, 0.15) is 11.1 Å². The van der Waals surface area contributed by atoms with Crippen molar-refractivity contribution in [2.45, 2.75) is 13.3 Å². The third kappa shape index (κ3) is 4.78. The van der Waals surface area contributed by atoms with Crippen LogP contribution in [0, 0.1) is 6.92 Å². The molecule has 7 nitrogen and oxygen atoms in total. The lowest BCUT2D eigenvalue weighted by Gasteiger charge is -2.09. The topological polar surface area (TPSA) is 89.8 Å². The molecular formula is C20H20N2O5. The summed E-state index contributed by atoms with van der Waals surface area (Å²) >= 11 is 0. The SMILES string of the molecule is COc1ccc2c(CC(=O)NNC(=O)COc3cccc(C)c3)coc2c1. The largest absolute Gasteiger partial charge is 0.497 e. The number of methoxy groups -OCH3 is 1. The minimum atomic E-state index is -0.452. The van der Waals surface area contributed by atoms with Crippen molar-refractivity contribution in [1.82, 2.24) is 10.9 Å². The van der Waals surface area contributed by atoms with E-state index in [4.69, 9.17) is 13.9 Å². The molecule has 0 aliphatic carbocycles. The highest BCUT2D eigenvalue weighted by Gasteiger charge is 2.12. The summed E-state index contributed by atoms with van der Waals surface area (Å²) < 4.78 is 16.0. The van der Waals surface area contributed by atoms with Gasteiger partial charge in [-0.15, -0.1) is 0 Å². The zero-order valence-electron chi connectivity index (χ0n) is 15.1. The third-order valence-corrected chi connectivity index (χ3v) is 3.91. The summed E-state index contributed by atoms with van der Waals surface area (Å²) in [7, 11) is 1.57. The van der Waals surface area contributed by atoms with Crippen LogP contribution in [0.3, 0.4) is 0 Å². The van der Waals surface area contributed by atoms with Gasteiger partial charge in [-0.2, -0.15) is 0 Å². The van der Waals surface area contributed by atoms with Crippen molar-refractivity contribution in [2.75, 3.05) is 13.7 Å². The van der Waals surface area contributed by atoms with Crippen LogP contribution in [-0.4, -0.2) is 25.5 Å². The molecular weight excluding hydrogens is 348 g/mol. The fraction of sp³-hybridized carbons (Fsp3) is 0.200. The fourth-order valence-corrected chi connectivity index (χ4v) is 2.57. The number of ether oxygens (including phenoxy) is 2. The molecule has 0 spiro atoms. The van der Waals surface area contributed by atoms with E-state index in [2.05, 4.69) is 10.9 Å². The Labute approximate surface area is 156 Å². The first-order valence-corrected chi connectivity index (χ1v) is 8.36. The van der Waals surface area contributed by atoms with E-state index in [1.807, 2.05) is 31.2 Å². The van der Waals surface area contributed by atoms with Gasteiger partial charge in [-0.3, -0.25) is 20.4 Å². The van der Waals surface area contributed by atoms with Gasteiger partial charge in [0.25, 0.3) is 5.91 Å². The second kappa shape index (κ2) is 8.27.